The third-order valence-electron chi connectivity index (χ3n) is 1.90. The summed E-state index contributed by atoms with van der Waals surface area (Å²) in [6, 6.07) is 7.67. The number of hydrogen-bond acceptors (Lipinski definition) is 2. The first-order valence-corrected chi connectivity index (χ1v) is 4.77. The zero-order chi connectivity index (χ0) is 10.6. The third kappa shape index (κ3) is 2.77. The van der Waals surface area contributed by atoms with Crippen molar-refractivity contribution >= 4 is 0 Å². The zero-order valence-corrected chi connectivity index (χ0v) is 8.87. The Labute approximate surface area is 85.1 Å². The minimum Gasteiger partial charge on any atom is -0.493 e. The number of benzene rings is 1. The fourth-order valence-corrected chi connectivity index (χ4v) is 1.11. The molecule has 0 N–H and O–H groups in total. The van der Waals surface area contributed by atoms with E-state index in [1.54, 1.807) is 6.07 Å². The number of rotatable bonds is 3. The summed E-state index contributed by atoms with van der Waals surface area (Å²) in [6.07, 6.45) is 0. The van der Waals surface area contributed by atoms with Gasteiger partial charge >= 0.3 is 0 Å². The fraction of sp³-hybridized carbons (Fsp3) is 0.417. The number of ether oxygens (including phenoxy) is 1. The molecule has 0 aliphatic carbocycles. The lowest BCUT2D eigenvalue weighted by Gasteiger charge is -2.09. The minimum absolute atomic E-state index is 0.519. The molecule has 0 aliphatic rings. The van der Waals surface area contributed by atoms with Crippen molar-refractivity contribution < 1.29 is 4.74 Å². The SMILES string of the molecule is Cc1cc(OCC(C)C)ccc1C#N. The highest BCUT2D eigenvalue weighted by molar-refractivity contribution is 5.41. The molecule has 1 aromatic rings. The highest BCUT2D eigenvalue weighted by atomic mass is 16.5. The van der Waals surface area contributed by atoms with Crippen molar-refractivity contribution in [3.8, 4) is 11.8 Å². The zero-order valence-electron chi connectivity index (χ0n) is 8.87. The van der Waals surface area contributed by atoms with Gasteiger partial charge in [-0.1, -0.05) is 13.8 Å². The van der Waals surface area contributed by atoms with E-state index in [0.29, 0.717) is 18.1 Å². The summed E-state index contributed by atoms with van der Waals surface area (Å²) in [5.41, 5.74) is 1.68. The van der Waals surface area contributed by atoms with Crippen LogP contribution in [0.2, 0.25) is 0 Å². The normalized spacial score (nSPS) is 9.93. The lowest BCUT2D eigenvalue weighted by atomic mass is 10.1. The highest BCUT2D eigenvalue weighted by Gasteiger charge is 2.00. The van der Waals surface area contributed by atoms with Crippen molar-refractivity contribution in [3.63, 3.8) is 0 Å². The molecule has 1 rings (SSSR count). The van der Waals surface area contributed by atoms with Gasteiger partial charge in [0.1, 0.15) is 5.75 Å². The van der Waals surface area contributed by atoms with E-state index < -0.39 is 0 Å². The van der Waals surface area contributed by atoms with Gasteiger partial charge in [-0.3, -0.25) is 0 Å². The van der Waals surface area contributed by atoms with Gasteiger partial charge in [0.15, 0.2) is 0 Å². The summed E-state index contributed by atoms with van der Waals surface area (Å²) in [4.78, 5) is 0. The molecule has 14 heavy (non-hydrogen) atoms. The van der Waals surface area contributed by atoms with Crippen LogP contribution in [0, 0.1) is 24.2 Å². The van der Waals surface area contributed by atoms with Crippen LogP contribution in [0.25, 0.3) is 0 Å². The quantitative estimate of drug-likeness (QED) is 0.732. The average molecular weight is 189 g/mol. The fourth-order valence-electron chi connectivity index (χ4n) is 1.11. The smallest absolute Gasteiger partial charge is 0.119 e. The molecule has 0 amide bonds. The summed E-state index contributed by atoms with van der Waals surface area (Å²) in [6.45, 7) is 6.85. The van der Waals surface area contributed by atoms with Crippen molar-refractivity contribution in [1.82, 2.24) is 0 Å². The molecule has 2 heteroatoms. The van der Waals surface area contributed by atoms with Crippen LogP contribution in [-0.4, -0.2) is 6.61 Å². The molecule has 0 fully saturated rings. The van der Waals surface area contributed by atoms with E-state index in [0.717, 1.165) is 11.3 Å². The number of nitrogens with zero attached hydrogens (tertiary/aromatic N) is 1. The Bertz CT molecular complexity index is 350. The lowest BCUT2D eigenvalue weighted by Crippen LogP contribution is -2.04. The maximum Gasteiger partial charge on any atom is 0.119 e. The maximum atomic E-state index is 8.74. The Morgan fingerprint density at radius 1 is 1.43 bits per heavy atom. The molecule has 0 unspecified atom stereocenters. The molecule has 0 saturated heterocycles. The Balaban J connectivity index is 2.73. The van der Waals surface area contributed by atoms with E-state index in [1.807, 2.05) is 19.1 Å². The van der Waals surface area contributed by atoms with Gasteiger partial charge in [0.25, 0.3) is 0 Å². The molecule has 2 nitrogen and oxygen atoms in total. The average Bonchev–Trinajstić information content (AvgIpc) is 2.15. The van der Waals surface area contributed by atoms with E-state index in [-0.39, 0.29) is 0 Å². The van der Waals surface area contributed by atoms with E-state index in [1.165, 1.54) is 0 Å². The van der Waals surface area contributed by atoms with E-state index in [4.69, 9.17) is 10.00 Å². The van der Waals surface area contributed by atoms with Crippen LogP contribution in [0.5, 0.6) is 5.75 Å². The first kappa shape index (κ1) is 10.6. The molecule has 1 aromatic carbocycles. The van der Waals surface area contributed by atoms with Crippen LogP contribution in [0.4, 0.5) is 0 Å². The summed E-state index contributed by atoms with van der Waals surface area (Å²) < 4.78 is 5.54. The molecule has 0 atom stereocenters. The first-order chi connectivity index (χ1) is 6.63. The Kier molecular flexibility index (Phi) is 3.53. The molecule has 0 radical (unpaired) electrons. The standard InChI is InChI=1S/C12H15NO/c1-9(2)8-14-12-5-4-11(7-13)10(3)6-12/h4-6,9H,8H2,1-3H3. The Morgan fingerprint density at radius 2 is 2.14 bits per heavy atom. The number of nitriles is 1. The van der Waals surface area contributed by atoms with Crippen LogP contribution >= 0.6 is 0 Å². The molecule has 0 aromatic heterocycles. The molecule has 74 valence electrons. The second-order valence-electron chi connectivity index (χ2n) is 3.79. The predicted molar refractivity (Wildman–Crippen MR) is 56.2 cm³/mol. The summed E-state index contributed by atoms with van der Waals surface area (Å²) >= 11 is 0. The monoisotopic (exact) mass is 189 g/mol. The first-order valence-electron chi connectivity index (χ1n) is 4.77. The number of hydrogen-bond donors (Lipinski definition) is 0. The van der Waals surface area contributed by atoms with Gasteiger partial charge in [-0.15, -0.1) is 0 Å². The molecular weight excluding hydrogens is 174 g/mol. The topological polar surface area (TPSA) is 33.0 Å². The Hall–Kier alpha value is -1.49. The largest absolute Gasteiger partial charge is 0.493 e. The molecule has 0 spiro atoms. The molecule has 0 aliphatic heterocycles. The second-order valence-corrected chi connectivity index (χ2v) is 3.79. The van der Waals surface area contributed by atoms with E-state index >= 15 is 0 Å². The summed E-state index contributed by atoms with van der Waals surface area (Å²) in [5, 5.41) is 8.74. The number of aryl methyl sites for hydroxylation is 1. The van der Waals surface area contributed by atoms with E-state index in [2.05, 4.69) is 19.9 Å². The van der Waals surface area contributed by atoms with Gasteiger partial charge in [0.05, 0.1) is 18.2 Å². The van der Waals surface area contributed by atoms with Gasteiger partial charge < -0.3 is 4.74 Å². The van der Waals surface area contributed by atoms with Crippen LogP contribution in [0.3, 0.4) is 0 Å². The van der Waals surface area contributed by atoms with Crippen molar-refractivity contribution in [2.45, 2.75) is 20.8 Å². The van der Waals surface area contributed by atoms with Gasteiger partial charge in [0.2, 0.25) is 0 Å². The third-order valence-corrected chi connectivity index (χ3v) is 1.90. The van der Waals surface area contributed by atoms with Gasteiger partial charge in [-0.25, -0.2) is 0 Å². The van der Waals surface area contributed by atoms with Gasteiger partial charge in [0, 0.05) is 0 Å². The van der Waals surface area contributed by atoms with E-state index in [9.17, 15) is 0 Å². The van der Waals surface area contributed by atoms with Crippen LogP contribution < -0.4 is 4.74 Å². The van der Waals surface area contributed by atoms with Crippen molar-refractivity contribution in [1.29, 1.82) is 5.26 Å². The molecule has 0 saturated carbocycles. The minimum atomic E-state index is 0.519. The van der Waals surface area contributed by atoms with Crippen molar-refractivity contribution in [2.24, 2.45) is 5.92 Å². The predicted octanol–water partition coefficient (Wildman–Crippen LogP) is 2.90. The molecular formula is C12H15NO. The Morgan fingerprint density at radius 3 is 2.64 bits per heavy atom. The summed E-state index contributed by atoms with van der Waals surface area (Å²) in [7, 11) is 0. The maximum absolute atomic E-state index is 8.74. The van der Waals surface area contributed by atoms with Crippen molar-refractivity contribution in [2.75, 3.05) is 6.61 Å². The van der Waals surface area contributed by atoms with Crippen molar-refractivity contribution in [3.05, 3.63) is 29.3 Å². The molecule has 0 bridgehead atoms. The lowest BCUT2D eigenvalue weighted by molar-refractivity contribution is 0.271. The highest BCUT2D eigenvalue weighted by Crippen LogP contribution is 2.17. The molecule has 0 heterocycles. The van der Waals surface area contributed by atoms with Crippen LogP contribution in [0.15, 0.2) is 18.2 Å². The second kappa shape index (κ2) is 4.66. The van der Waals surface area contributed by atoms with Gasteiger partial charge in [-0.05, 0) is 36.6 Å². The van der Waals surface area contributed by atoms with Crippen LogP contribution in [0.1, 0.15) is 25.0 Å². The summed E-state index contributed by atoms with van der Waals surface area (Å²) in [5.74, 6) is 1.36. The van der Waals surface area contributed by atoms with Gasteiger partial charge in [-0.2, -0.15) is 5.26 Å². The van der Waals surface area contributed by atoms with Crippen LogP contribution in [-0.2, 0) is 0 Å².